The fourth-order valence-electron chi connectivity index (χ4n) is 1.97. The van der Waals surface area contributed by atoms with Crippen LogP contribution in [0, 0.1) is 0 Å². The zero-order valence-electron chi connectivity index (χ0n) is 11.2. The molecule has 0 aliphatic heterocycles. The molecule has 0 aliphatic carbocycles. The van der Waals surface area contributed by atoms with Gasteiger partial charge >= 0.3 is 0 Å². The van der Waals surface area contributed by atoms with E-state index in [4.69, 9.17) is 0 Å². The topological polar surface area (TPSA) is 38.1 Å². The minimum Gasteiger partial charge on any atom is -0.367 e. The number of ketones is 1. The number of halogens is 1. The molecule has 1 heterocycles. The molecule has 0 fully saturated rings. The maximum Gasteiger partial charge on any atom is 0.161 e. The van der Waals surface area contributed by atoms with Gasteiger partial charge in [-0.15, -0.1) is 0 Å². The first-order valence-electron chi connectivity index (χ1n) is 5.97. The number of Topliss-reactive ketones (excluding diaryl/α,β-unsaturated/α-hetero) is 1. The fraction of sp³-hybridized carbons (Fsp3) is 0.286. The van der Waals surface area contributed by atoms with E-state index in [1.54, 1.807) is 13.1 Å². The number of benzene rings is 1. The molecule has 1 aromatic heterocycles. The van der Waals surface area contributed by atoms with E-state index < -0.39 is 0 Å². The Hall–Kier alpha value is -1.62. The molecule has 0 saturated carbocycles. The molecule has 0 bridgehead atoms. The lowest BCUT2D eigenvalue weighted by Crippen LogP contribution is -2.21. The number of imidazole rings is 1. The first kappa shape index (κ1) is 13.8. The van der Waals surface area contributed by atoms with E-state index in [2.05, 4.69) is 20.9 Å². The normalized spacial score (nSPS) is 10.5. The van der Waals surface area contributed by atoms with Crippen molar-refractivity contribution in [1.82, 2.24) is 9.55 Å². The molecule has 2 rings (SSSR count). The minimum atomic E-state index is 0.0583. The van der Waals surface area contributed by atoms with Crippen LogP contribution in [0.2, 0.25) is 0 Å². The number of aromatic nitrogens is 2. The quantitative estimate of drug-likeness (QED) is 0.812. The number of aryl methyl sites for hydroxylation is 1. The molecule has 4 nitrogen and oxygen atoms in total. The summed E-state index contributed by atoms with van der Waals surface area (Å²) in [5.41, 5.74) is 1.63. The highest BCUT2D eigenvalue weighted by Crippen LogP contribution is 2.25. The van der Waals surface area contributed by atoms with Gasteiger partial charge in [-0.2, -0.15) is 0 Å². The van der Waals surface area contributed by atoms with Crippen LogP contribution in [-0.2, 0) is 13.6 Å². The molecule has 0 radical (unpaired) electrons. The van der Waals surface area contributed by atoms with Gasteiger partial charge in [0.15, 0.2) is 5.78 Å². The van der Waals surface area contributed by atoms with Gasteiger partial charge < -0.3 is 9.47 Å². The number of anilines is 1. The molecular formula is C14H16BrN3O. The molecule has 0 atom stereocenters. The fourth-order valence-corrected chi connectivity index (χ4v) is 2.33. The average molecular weight is 322 g/mol. The van der Waals surface area contributed by atoms with E-state index in [1.165, 1.54) is 0 Å². The van der Waals surface area contributed by atoms with Crippen LogP contribution in [0.5, 0.6) is 0 Å². The minimum absolute atomic E-state index is 0.0583. The molecule has 0 aliphatic rings. The molecule has 19 heavy (non-hydrogen) atoms. The number of nitrogens with zero attached hydrogens (tertiary/aromatic N) is 3. The Morgan fingerprint density at radius 2 is 2.21 bits per heavy atom. The Labute approximate surface area is 121 Å². The van der Waals surface area contributed by atoms with Crippen LogP contribution in [0.4, 0.5) is 5.69 Å². The number of carbonyl (C=O) groups is 1. The Morgan fingerprint density at radius 1 is 1.47 bits per heavy atom. The van der Waals surface area contributed by atoms with Crippen LogP contribution in [0.15, 0.2) is 35.1 Å². The van der Waals surface area contributed by atoms with Gasteiger partial charge in [0, 0.05) is 42.2 Å². The summed E-state index contributed by atoms with van der Waals surface area (Å²) >= 11 is 3.40. The maximum absolute atomic E-state index is 11.7. The second-order valence-corrected chi connectivity index (χ2v) is 5.44. The van der Waals surface area contributed by atoms with Crippen LogP contribution in [0.25, 0.3) is 0 Å². The molecule has 0 saturated heterocycles. The van der Waals surface area contributed by atoms with Gasteiger partial charge in [-0.3, -0.25) is 4.79 Å². The van der Waals surface area contributed by atoms with E-state index in [-0.39, 0.29) is 5.78 Å². The molecule has 0 spiro atoms. The molecule has 0 N–H and O–H groups in total. The van der Waals surface area contributed by atoms with Crippen molar-refractivity contribution in [1.29, 1.82) is 0 Å². The van der Waals surface area contributed by atoms with Gasteiger partial charge in [0.25, 0.3) is 0 Å². The molecule has 0 unspecified atom stereocenters. The van der Waals surface area contributed by atoms with Crippen LogP contribution in [0.3, 0.4) is 0 Å². The molecule has 1 aromatic carbocycles. The number of hydrogen-bond donors (Lipinski definition) is 0. The predicted molar refractivity (Wildman–Crippen MR) is 79.5 cm³/mol. The lowest BCUT2D eigenvalue weighted by molar-refractivity contribution is 0.101. The Balaban J connectivity index is 2.31. The third-order valence-electron chi connectivity index (χ3n) is 3.05. The van der Waals surface area contributed by atoms with Crippen LogP contribution in [0.1, 0.15) is 23.1 Å². The van der Waals surface area contributed by atoms with Crippen molar-refractivity contribution in [3.8, 4) is 0 Å². The van der Waals surface area contributed by atoms with Crippen molar-refractivity contribution in [3.63, 3.8) is 0 Å². The van der Waals surface area contributed by atoms with Gasteiger partial charge in [0.1, 0.15) is 5.82 Å². The van der Waals surface area contributed by atoms with Gasteiger partial charge in [0.05, 0.1) is 6.54 Å². The van der Waals surface area contributed by atoms with Crippen LogP contribution in [-0.4, -0.2) is 22.4 Å². The lowest BCUT2D eigenvalue weighted by Gasteiger charge is -2.21. The largest absolute Gasteiger partial charge is 0.367 e. The Morgan fingerprint density at radius 3 is 2.79 bits per heavy atom. The SMILES string of the molecule is CC(=O)c1cc(Br)ccc1N(C)Cc1nccn1C. The summed E-state index contributed by atoms with van der Waals surface area (Å²) in [6.45, 7) is 2.24. The standard InChI is InChI=1S/C14H16BrN3O/c1-10(19)12-8-11(15)4-5-13(12)18(3)9-14-16-6-7-17(14)2/h4-8H,9H2,1-3H3. The van der Waals surface area contributed by atoms with Gasteiger partial charge in [-0.1, -0.05) is 15.9 Å². The summed E-state index contributed by atoms with van der Waals surface area (Å²) in [6.07, 6.45) is 3.69. The van der Waals surface area contributed by atoms with Crippen molar-refractivity contribution in [3.05, 3.63) is 46.5 Å². The molecule has 2 aromatic rings. The number of carbonyl (C=O) groups excluding carboxylic acids is 1. The van der Waals surface area contributed by atoms with Gasteiger partial charge in [0.2, 0.25) is 0 Å². The van der Waals surface area contributed by atoms with E-state index in [9.17, 15) is 4.79 Å². The highest BCUT2D eigenvalue weighted by atomic mass is 79.9. The second kappa shape index (κ2) is 5.57. The summed E-state index contributed by atoms with van der Waals surface area (Å²) in [5.74, 6) is 1.02. The summed E-state index contributed by atoms with van der Waals surface area (Å²) in [4.78, 5) is 18.1. The van der Waals surface area contributed by atoms with Crippen LogP contribution < -0.4 is 4.90 Å². The van der Waals surface area contributed by atoms with E-state index in [0.717, 1.165) is 16.0 Å². The van der Waals surface area contributed by atoms with Crippen molar-refractivity contribution in [2.45, 2.75) is 13.5 Å². The smallest absolute Gasteiger partial charge is 0.161 e. The van der Waals surface area contributed by atoms with Gasteiger partial charge in [-0.05, 0) is 25.1 Å². The third-order valence-corrected chi connectivity index (χ3v) is 3.54. The molecule has 100 valence electrons. The second-order valence-electron chi connectivity index (χ2n) is 4.53. The Kier molecular flexibility index (Phi) is 4.04. The van der Waals surface area contributed by atoms with Crippen molar-refractivity contribution in [2.24, 2.45) is 7.05 Å². The Bertz CT molecular complexity index is 606. The maximum atomic E-state index is 11.7. The van der Waals surface area contributed by atoms with E-state index in [0.29, 0.717) is 12.1 Å². The van der Waals surface area contributed by atoms with Crippen molar-refractivity contribution >= 4 is 27.4 Å². The summed E-state index contributed by atoms with van der Waals surface area (Å²) < 4.78 is 2.88. The summed E-state index contributed by atoms with van der Waals surface area (Å²) in [5, 5.41) is 0. The number of hydrogen-bond acceptors (Lipinski definition) is 3. The highest BCUT2D eigenvalue weighted by molar-refractivity contribution is 9.10. The van der Waals surface area contributed by atoms with E-state index in [1.807, 2.05) is 48.0 Å². The van der Waals surface area contributed by atoms with E-state index >= 15 is 0 Å². The summed E-state index contributed by atoms with van der Waals surface area (Å²) in [7, 11) is 3.92. The molecule has 0 amide bonds. The van der Waals surface area contributed by atoms with Crippen LogP contribution >= 0.6 is 15.9 Å². The highest BCUT2D eigenvalue weighted by Gasteiger charge is 2.13. The van der Waals surface area contributed by atoms with Crippen molar-refractivity contribution < 1.29 is 4.79 Å². The molecular weight excluding hydrogens is 306 g/mol. The van der Waals surface area contributed by atoms with Crippen molar-refractivity contribution in [2.75, 3.05) is 11.9 Å². The predicted octanol–water partition coefficient (Wildman–Crippen LogP) is 3.02. The third kappa shape index (κ3) is 3.04. The number of rotatable bonds is 4. The summed E-state index contributed by atoms with van der Waals surface area (Å²) in [6, 6.07) is 5.74. The monoisotopic (exact) mass is 321 g/mol. The molecule has 5 heteroatoms. The first-order chi connectivity index (χ1) is 8.99. The zero-order valence-corrected chi connectivity index (χ0v) is 12.8. The zero-order chi connectivity index (χ0) is 14.0. The lowest BCUT2D eigenvalue weighted by atomic mass is 10.1. The first-order valence-corrected chi connectivity index (χ1v) is 6.76. The average Bonchev–Trinajstić information content (AvgIpc) is 2.74. The van der Waals surface area contributed by atoms with Gasteiger partial charge in [-0.25, -0.2) is 4.98 Å².